The van der Waals surface area contributed by atoms with Gasteiger partial charge in [-0.15, -0.1) is 5.10 Å². The minimum Gasteiger partial charge on any atom is -0.467 e. The van der Waals surface area contributed by atoms with Crippen LogP contribution in [0.2, 0.25) is 0 Å². The molecule has 1 saturated heterocycles. The number of hydrogen-bond donors (Lipinski definition) is 0. The summed E-state index contributed by atoms with van der Waals surface area (Å²) in [4.78, 5) is 4.92. The number of nitrogens with zero attached hydrogens (tertiary/aromatic N) is 6. The third kappa shape index (κ3) is 3.89. The minimum absolute atomic E-state index is 0.228. The summed E-state index contributed by atoms with van der Waals surface area (Å²) < 4.78 is 22.1. The van der Waals surface area contributed by atoms with Crippen molar-refractivity contribution in [2.45, 2.75) is 44.3 Å². The van der Waals surface area contributed by atoms with Crippen molar-refractivity contribution in [3.05, 3.63) is 65.6 Å². The second-order valence-corrected chi connectivity index (χ2v) is 8.21. The van der Waals surface area contributed by atoms with E-state index >= 15 is 0 Å². The molecule has 2 aromatic heterocycles. The Kier molecular flexibility index (Phi) is 5.59. The fraction of sp³-hybridized carbons (Fsp3) is 0.500. The van der Waals surface area contributed by atoms with E-state index in [4.69, 9.17) is 4.42 Å². The molecule has 1 aliphatic heterocycles. The molecule has 2 fully saturated rings. The quantitative estimate of drug-likeness (QED) is 0.622. The summed E-state index contributed by atoms with van der Waals surface area (Å²) in [5, 5.41) is 12.4. The van der Waals surface area contributed by atoms with Gasteiger partial charge >= 0.3 is 0 Å². The maximum absolute atomic E-state index is 14.9. The summed E-state index contributed by atoms with van der Waals surface area (Å²) in [7, 11) is 0. The van der Waals surface area contributed by atoms with E-state index in [-0.39, 0.29) is 11.9 Å². The second kappa shape index (κ2) is 8.65. The lowest BCUT2D eigenvalue weighted by atomic mass is 10.0. The standard InChI is InChI=1S/C22H27FN6O/c23-20-10-4-3-9-19(20)21(22-24-25-26-29(22)16-18-8-5-15-30-18)28-13-11-27(12-14-28)17-6-1-2-7-17/h3-5,8-10,15,17,21H,1-2,6-7,11-14,16H2. The van der Waals surface area contributed by atoms with Crippen LogP contribution in [-0.2, 0) is 6.54 Å². The van der Waals surface area contributed by atoms with Crippen molar-refractivity contribution < 1.29 is 8.81 Å². The average molecular weight is 410 g/mol. The predicted molar refractivity (Wildman–Crippen MR) is 109 cm³/mol. The van der Waals surface area contributed by atoms with E-state index < -0.39 is 0 Å². The van der Waals surface area contributed by atoms with Crippen molar-refractivity contribution in [3.8, 4) is 0 Å². The first kappa shape index (κ1) is 19.4. The lowest BCUT2D eigenvalue weighted by molar-refractivity contribution is 0.0761. The first-order valence-corrected chi connectivity index (χ1v) is 10.8. The molecule has 30 heavy (non-hydrogen) atoms. The number of aromatic nitrogens is 4. The maximum atomic E-state index is 14.9. The van der Waals surface area contributed by atoms with Crippen LogP contribution in [-0.4, -0.2) is 62.2 Å². The van der Waals surface area contributed by atoms with Crippen LogP contribution in [0, 0.1) is 5.82 Å². The highest BCUT2D eigenvalue weighted by Crippen LogP contribution is 2.32. The Morgan fingerprint density at radius 1 is 1.03 bits per heavy atom. The molecule has 5 rings (SSSR count). The lowest BCUT2D eigenvalue weighted by Crippen LogP contribution is -2.51. The van der Waals surface area contributed by atoms with Gasteiger partial charge in [-0.3, -0.25) is 9.80 Å². The van der Waals surface area contributed by atoms with Crippen LogP contribution < -0.4 is 0 Å². The van der Waals surface area contributed by atoms with Crippen LogP contribution in [0.15, 0.2) is 47.1 Å². The van der Waals surface area contributed by atoms with E-state index in [9.17, 15) is 4.39 Å². The maximum Gasteiger partial charge on any atom is 0.173 e. The van der Waals surface area contributed by atoms with E-state index in [2.05, 4.69) is 25.3 Å². The number of halogens is 1. The number of benzene rings is 1. The third-order valence-electron chi connectivity index (χ3n) is 6.44. The van der Waals surface area contributed by atoms with E-state index in [0.717, 1.165) is 31.9 Å². The van der Waals surface area contributed by atoms with Gasteiger partial charge in [-0.25, -0.2) is 9.07 Å². The van der Waals surface area contributed by atoms with Crippen molar-refractivity contribution in [2.75, 3.05) is 26.2 Å². The Balaban J connectivity index is 1.43. The minimum atomic E-state index is -0.332. The van der Waals surface area contributed by atoms with Crippen LogP contribution in [0.3, 0.4) is 0 Å². The van der Waals surface area contributed by atoms with Gasteiger partial charge in [0.25, 0.3) is 0 Å². The Hall–Kier alpha value is -2.58. The van der Waals surface area contributed by atoms with Gasteiger partial charge < -0.3 is 4.42 Å². The zero-order chi connectivity index (χ0) is 20.3. The molecule has 2 aliphatic rings. The average Bonchev–Trinajstić information content (AvgIpc) is 3.54. The highest BCUT2D eigenvalue weighted by atomic mass is 19.1. The summed E-state index contributed by atoms with van der Waals surface area (Å²) in [6.45, 7) is 4.14. The van der Waals surface area contributed by atoms with Gasteiger partial charge in [-0.2, -0.15) is 0 Å². The van der Waals surface area contributed by atoms with Gasteiger partial charge in [0.2, 0.25) is 0 Å². The second-order valence-electron chi connectivity index (χ2n) is 8.21. The SMILES string of the molecule is Fc1ccccc1C(c1nnnn1Cc1ccco1)N1CCN(C2CCCC2)CC1. The van der Waals surface area contributed by atoms with Crippen molar-refractivity contribution in [2.24, 2.45) is 0 Å². The summed E-state index contributed by atoms with van der Waals surface area (Å²) >= 11 is 0. The summed E-state index contributed by atoms with van der Waals surface area (Å²) in [5.74, 6) is 1.18. The molecule has 0 radical (unpaired) electrons. The molecule has 0 spiro atoms. The molecule has 0 N–H and O–H groups in total. The van der Waals surface area contributed by atoms with E-state index in [1.54, 1.807) is 17.0 Å². The Morgan fingerprint density at radius 3 is 2.57 bits per heavy atom. The molecular weight excluding hydrogens is 383 g/mol. The molecule has 0 bridgehead atoms. The number of piperazine rings is 1. The van der Waals surface area contributed by atoms with Gasteiger partial charge in [0.1, 0.15) is 24.2 Å². The first-order chi connectivity index (χ1) is 14.8. The van der Waals surface area contributed by atoms with Crippen LogP contribution in [0.4, 0.5) is 4.39 Å². The monoisotopic (exact) mass is 410 g/mol. The van der Waals surface area contributed by atoms with Crippen LogP contribution in [0.25, 0.3) is 0 Å². The topological polar surface area (TPSA) is 63.2 Å². The van der Waals surface area contributed by atoms with Gasteiger partial charge in [0, 0.05) is 37.8 Å². The van der Waals surface area contributed by atoms with Crippen LogP contribution in [0.1, 0.15) is 48.9 Å². The third-order valence-corrected chi connectivity index (χ3v) is 6.44. The Morgan fingerprint density at radius 2 is 1.83 bits per heavy atom. The molecule has 7 nitrogen and oxygen atoms in total. The Labute approximate surface area is 175 Å². The van der Waals surface area contributed by atoms with Gasteiger partial charge in [-0.05, 0) is 41.5 Å². The fourth-order valence-electron chi connectivity index (χ4n) is 4.90. The van der Waals surface area contributed by atoms with Gasteiger partial charge in [0.15, 0.2) is 5.82 Å². The molecule has 1 aromatic carbocycles. The number of furan rings is 1. The highest BCUT2D eigenvalue weighted by Gasteiger charge is 2.34. The van der Waals surface area contributed by atoms with E-state index in [0.29, 0.717) is 24.0 Å². The zero-order valence-electron chi connectivity index (χ0n) is 17.0. The largest absolute Gasteiger partial charge is 0.467 e. The van der Waals surface area contributed by atoms with Crippen LogP contribution in [0.5, 0.6) is 0 Å². The summed E-state index contributed by atoms with van der Waals surface area (Å²) in [6.07, 6.45) is 6.92. The molecule has 1 atom stereocenters. The number of hydrogen-bond acceptors (Lipinski definition) is 6. The predicted octanol–water partition coefficient (Wildman–Crippen LogP) is 3.10. The van der Waals surface area contributed by atoms with Crippen molar-refractivity contribution in [1.29, 1.82) is 0 Å². The van der Waals surface area contributed by atoms with Crippen molar-refractivity contribution in [1.82, 2.24) is 30.0 Å². The zero-order valence-corrected chi connectivity index (χ0v) is 17.0. The summed E-state index contributed by atoms with van der Waals surface area (Å²) in [6, 6.07) is 11.1. The smallest absolute Gasteiger partial charge is 0.173 e. The molecule has 1 saturated carbocycles. The normalized spacial score (nSPS) is 20.0. The molecule has 1 aliphatic carbocycles. The molecule has 8 heteroatoms. The number of tetrazole rings is 1. The van der Waals surface area contributed by atoms with Crippen molar-refractivity contribution >= 4 is 0 Å². The molecule has 0 amide bonds. The molecule has 1 unspecified atom stereocenters. The Bertz CT molecular complexity index is 944. The first-order valence-electron chi connectivity index (χ1n) is 10.8. The molecule has 3 aromatic rings. The molecule has 158 valence electrons. The van der Waals surface area contributed by atoms with Gasteiger partial charge in [-0.1, -0.05) is 31.0 Å². The highest BCUT2D eigenvalue weighted by molar-refractivity contribution is 5.27. The lowest BCUT2D eigenvalue weighted by Gasteiger charge is -2.41. The van der Waals surface area contributed by atoms with Gasteiger partial charge in [0.05, 0.1) is 6.26 Å². The molecular formula is C22H27FN6O. The van der Waals surface area contributed by atoms with E-state index in [1.807, 2.05) is 24.3 Å². The van der Waals surface area contributed by atoms with Crippen LogP contribution >= 0.6 is 0 Å². The summed E-state index contributed by atoms with van der Waals surface area (Å²) in [5.41, 5.74) is 0.613. The van der Waals surface area contributed by atoms with Crippen molar-refractivity contribution in [3.63, 3.8) is 0 Å². The fourth-order valence-corrected chi connectivity index (χ4v) is 4.90. The van der Waals surface area contributed by atoms with E-state index in [1.165, 1.54) is 31.7 Å². The number of rotatable bonds is 6. The molecule has 3 heterocycles.